The Balaban J connectivity index is 2.69. The van der Waals surface area contributed by atoms with Crippen LogP contribution in [0.25, 0.3) is 0 Å². The first kappa shape index (κ1) is 7.25. The molecule has 0 aliphatic carbocycles. The van der Waals surface area contributed by atoms with Gasteiger partial charge < -0.3 is 5.32 Å². The molecule has 0 saturated carbocycles. The van der Waals surface area contributed by atoms with E-state index in [1.165, 1.54) is 9.35 Å². The fourth-order valence-corrected chi connectivity index (χ4v) is 2.12. The molecule has 1 aromatic rings. The van der Waals surface area contributed by atoms with Gasteiger partial charge in [-0.05, 0) is 34.4 Å². The zero-order valence-electron chi connectivity index (χ0n) is 5.15. The smallest absolute Gasteiger partial charge is 0.0327 e. The highest BCUT2D eigenvalue weighted by Gasteiger charge is 1.96. The summed E-state index contributed by atoms with van der Waals surface area (Å²) < 4.78 is 1.21. The zero-order chi connectivity index (χ0) is 6.69. The van der Waals surface area contributed by atoms with Crippen LogP contribution in [0, 0.1) is 0 Å². The standard InChI is InChI=1S/C6H8BrNS/c1-8-4-6-5(7)2-3-9-6/h2-3,8H,4H2,1H3. The van der Waals surface area contributed by atoms with E-state index in [1.54, 1.807) is 11.3 Å². The molecular weight excluding hydrogens is 198 g/mol. The van der Waals surface area contributed by atoms with Gasteiger partial charge in [0.15, 0.2) is 0 Å². The molecule has 0 aromatic carbocycles. The van der Waals surface area contributed by atoms with Gasteiger partial charge in [-0.15, -0.1) is 11.3 Å². The molecular formula is C6H8BrNS. The van der Waals surface area contributed by atoms with Crippen molar-refractivity contribution in [2.24, 2.45) is 0 Å². The van der Waals surface area contributed by atoms with Crippen LogP contribution in [0.3, 0.4) is 0 Å². The summed E-state index contributed by atoms with van der Waals surface area (Å²) in [6.07, 6.45) is 0. The van der Waals surface area contributed by atoms with Gasteiger partial charge in [-0.2, -0.15) is 0 Å². The molecule has 0 unspecified atom stereocenters. The van der Waals surface area contributed by atoms with Crippen molar-refractivity contribution in [3.63, 3.8) is 0 Å². The Kier molecular flexibility index (Phi) is 2.69. The molecule has 3 heteroatoms. The van der Waals surface area contributed by atoms with E-state index in [-0.39, 0.29) is 0 Å². The molecule has 0 bridgehead atoms. The van der Waals surface area contributed by atoms with Crippen molar-refractivity contribution in [2.75, 3.05) is 7.05 Å². The van der Waals surface area contributed by atoms with Gasteiger partial charge in [0, 0.05) is 15.9 Å². The second-order valence-electron chi connectivity index (χ2n) is 1.72. The lowest BCUT2D eigenvalue weighted by atomic mass is 10.5. The van der Waals surface area contributed by atoms with Gasteiger partial charge >= 0.3 is 0 Å². The van der Waals surface area contributed by atoms with Crippen LogP contribution >= 0.6 is 27.3 Å². The van der Waals surface area contributed by atoms with E-state index < -0.39 is 0 Å². The van der Waals surface area contributed by atoms with E-state index in [2.05, 4.69) is 32.7 Å². The Hall–Kier alpha value is 0.140. The Morgan fingerprint density at radius 1 is 1.78 bits per heavy atom. The predicted molar refractivity (Wildman–Crippen MR) is 44.8 cm³/mol. The summed E-state index contributed by atoms with van der Waals surface area (Å²) in [5, 5.41) is 5.17. The maximum atomic E-state index is 3.44. The third kappa shape index (κ3) is 1.78. The van der Waals surface area contributed by atoms with E-state index in [0.717, 1.165) is 6.54 Å². The van der Waals surface area contributed by atoms with Crippen molar-refractivity contribution in [3.8, 4) is 0 Å². The lowest BCUT2D eigenvalue weighted by Gasteiger charge is -1.93. The van der Waals surface area contributed by atoms with Crippen molar-refractivity contribution in [3.05, 3.63) is 20.8 Å². The molecule has 1 rings (SSSR count). The number of hydrogen-bond donors (Lipinski definition) is 1. The summed E-state index contributed by atoms with van der Waals surface area (Å²) in [4.78, 5) is 1.36. The van der Waals surface area contributed by atoms with Crippen LogP contribution in [-0.4, -0.2) is 7.05 Å². The van der Waals surface area contributed by atoms with Crippen LogP contribution in [0.2, 0.25) is 0 Å². The van der Waals surface area contributed by atoms with Crippen molar-refractivity contribution in [2.45, 2.75) is 6.54 Å². The average molecular weight is 206 g/mol. The average Bonchev–Trinajstić information content (AvgIpc) is 2.18. The SMILES string of the molecule is CNCc1sccc1Br. The monoisotopic (exact) mass is 205 g/mol. The molecule has 9 heavy (non-hydrogen) atoms. The van der Waals surface area contributed by atoms with E-state index in [4.69, 9.17) is 0 Å². The van der Waals surface area contributed by atoms with Crippen LogP contribution < -0.4 is 5.32 Å². The van der Waals surface area contributed by atoms with Gasteiger partial charge in [0.25, 0.3) is 0 Å². The van der Waals surface area contributed by atoms with Crippen molar-refractivity contribution in [1.82, 2.24) is 5.32 Å². The normalized spacial score (nSPS) is 10.0. The van der Waals surface area contributed by atoms with E-state index in [9.17, 15) is 0 Å². The Morgan fingerprint density at radius 2 is 2.56 bits per heavy atom. The maximum Gasteiger partial charge on any atom is 0.0327 e. The van der Waals surface area contributed by atoms with Crippen molar-refractivity contribution < 1.29 is 0 Å². The van der Waals surface area contributed by atoms with E-state index in [0.29, 0.717) is 0 Å². The Bertz CT molecular complexity index is 185. The fourth-order valence-electron chi connectivity index (χ4n) is 0.612. The summed E-state index contributed by atoms with van der Waals surface area (Å²) >= 11 is 5.20. The third-order valence-electron chi connectivity index (χ3n) is 1.03. The lowest BCUT2D eigenvalue weighted by Crippen LogP contribution is -2.03. The number of thiophene rings is 1. The highest BCUT2D eigenvalue weighted by molar-refractivity contribution is 9.10. The van der Waals surface area contributed by atoms with E-state index in [1.807, 2.05) is 7.05 Å². The zero-order valence-corrected chi connectivity index (χ0v) is 7.55. The summed E-state index contributed by atoms with van der Waals surface area (Å²) in [6.45, 7) is 0.957. The highest BCUT2D eigenvalue weighted by atomic mass is 79.9. The largest absolute Gasteiger partial charge is 0.315 e. The quantitative estimate of drug-likeness (QED) is 0.782. The molecule has 0 aliphatic rings. The number of nitrogens with one attached hydrogen (secondary N) is 1. The van der Waals surface area contributed by atoms with Crippen LogP contribution in [0.1, 0.15) is 4.88 Å². The minimum absolute atomic E-state index is 0.957. The van der Waals surface area contributed by atoms with E-state index >= 15 is 0 Å². The van der Waals surface area contributed by atoms with Crippen LogP contribution in [-0.2, 0) is 6.54 Å². The van der Waals surface area contributed by atoms with Gasteiger partial charge in [-0.3, -0.25) is 0 Å². The summed E-state index contributed by atoms with van der Waals surface area (Å²) in [6, 6.07) is 2.07. The molecule has 1 nitrogen and oxygen atoms in total. The first-order valence-corrected chi connectivity index (χ1v) is 4.38. The molecule has 0 amide bonds. The Labute approximate surface area is 67.2 Å². The fraction of sp³-hybridized carbons (Fsp3) is 0.333. The second-order valence-corrected chi connectivity index (χ2v) is 3.58. The van der Waals surface area contributed by atoms with Gasteiger partial charge in [0.2, 0.25) is 0 Å². The first-order valence-electron chi connectivity index (χ1n) is 2.71. The molecule has 0 atom stereocenters. The number of halogens is 1. The number of rotatable bonds is 2. The summed E-state index contributed by atoms with van der Waals surface area (Å²) in [7, 11) is 1.95. The molecule has 1 N–H and O–H groups in total. The molecule has 0 saturated heterocycles. The summed E-state index contributed by atoms with van der Waals surface area (Å²) in [5.41, 5.74) is 0. The van der Waals surface area contributed by atoms with Crippen LogP contribution in [0.5, 0.6) is 0 Å². The molecule has 0 fully saturated rings. The topological polar surface area (TPSA) is 12.0 Å². The lowest BCUT2D eigenvalue weighted by molar-refractivity contribution is 0.829. The molecule has 1 heterocycles. The van der Waals surface area contributed by atoms with Crippen molar-refractivity contribution in [1.29, 1.82) is 0 Å². The highest BCUT2D eigenvalue weighted by Crippen LogP contribution is 2.21. The molecule has 0 spiro atoms. The molecule has 50 valence electrons. The van der Waals surface area contributed by atoms with Gasteiger partial charge in [-0.25, -0.2) is 0 Å². The minimum atomic E-state index is 0.957. The number of hydrogen-bond acceptors (Lipinski definition) is 2. The van der Waals surface area contributed by atoms with Gasteiger partial charge in [0.05, 0.1) is 0 Å². The van der Waals surface area contributed by atoms with Crippen molar-refractivity contribution >= 4 is 27.3 Å². The van der Waals surface area contributed by atoms with Crippen LogP contribution in [0.15, 0.2) is 15.9 Å². The molecule has 0 radical (unpaired) electrons. The van der Waals surface area contributed by atoms with Gasteiger partial charge in [-0.1, -0.05) is 0 Å². The predicted octanol–water partition coefficient (Wildman–Crippen LogP) is 2.23. The second kappa shape index (κ2) is 3.34. The third-order valence-corrected chi connectivity index (χ3v) is 2.95. The van der Waals surface area contributed by atoms with Gasteiger partial charge in [0.1, 0.15) is 0 Å². The van der Waals surface area contributed by atoms with Crippen LogP contribution in [0.4, 0.5) is 0 Å². The Morgan fingerprint density at radius 3 is 3.00 bits per heavy atom. The molecule has 0 aliphatic heterocycles. The minimum Gasteiger partial charge on any atom is -0.315 e. The first-order chi connectivity index (χ1) is 4.34. The molecule has 1 aromatic heterocycles. The maximum absolute atomic E-state index is 3.44. The summed E-state index contributed by atoms with van der Waals surface area (Å²) in [5.74, 6) is 0.